The summed E-state index contributed by atoms with van der Waals surface area (Å²) in [6, 6.07) is 0. The van der Waals surface area contributed by atoms with Crippen LogP contribution in [0.3, 0.4) is 0 Å². The number of nitrogens with zero attached hydrogens (tertiary/aromatic N) is 1. The van der Waals surface area contributed by atoms with E-state index in [9.17, 15) is 9.59 Å². The highest BCUT2D eigenvalue weighted by molar-refractivity contribution is 6.64. The molecule has 0 radical (unpaired) electrons. The van der Waals surface area contributed by atoms with Gasteiger partial charge in [0.1, 0.15) is 0 Å². The summed E-state index contributed by atoms with van der Waals surface area (Å²) < 4.78 is 0. The molecule has 1 atom stereocenters. The van der Waals surface area contributed by atoms with Gasteiger partial charge in [-0.25, -0.2) is 0 Å². The molecule has 0 saturated carbocycles. The molecule has 56 valence electrons. The number of hydrogen-bond acceptors (Lipinski definition) is 2. The molecule has 1 amide bonds. The zero-order chi connectivity index (χ0) is 7.72. The molecule has 0 unspecified atom stereocenters. The summed E-state index contributed by atoms with van der Waals surface area (Å²) in [5.41, 5.74) is 0. The molecule has 10 heavy (non-hydrogen) atoms. The van der Waals surface area contributed by atoms with Crippen molar-refractivity contribution in [2.45, 2.75) is 6.42 Å². The molecule has 0 spiro atoms. The van der Waals surface area contributed by atoms with E-state index >= 15 is 0 Å². The van der Waals surface area contributed by atoms with E-state index in [-0.39, 0.29) is 18.2 Å². The van der Waals surface area contributed by atoms with Crippen molar-refractivity contribution in [1.82, 2.24) is 4.90 Å². The summed E-state index contributed by atoms with van der Waals surface area (Å²) >= 11 is 5.20. The Balaban J connectivity index is 2.57. The van der Waals surface area contributed by atoms with E-state index in [1.165, 1.54) is 4.90 Å². The van der Waals surface area contributed by atoms with Gasteiger partial charge in [0.2, 0.25) is 11.1 Å². The van der Waals surface area contributed by atoms with E-state index in [1.807, 2.05) is 0 Å². The molecular weight excluding hydrogens is 154 g/mol. The maximum Gasteiger partial charge on any atom is 0.227 e. The van der Waals surface area contributed by atoms with E-state index in [4.69, 9.17) is 11.6 Å². The Morgan fingerprint density at radius 3 is 2.60 bits per heavy atom. The molecule has 1 heterocycles. The van der Waals surface area contributed by atoms with Crippen LogP contribution >= 0.6 is 11.6 Å². The highest BCUT2D eigenvalue weighted by Crippen LogP contribution is 2.17. The van der Waals surface area contributed by atoms with Crippen molar-refractivity contribution in [3.63, 3.8) is 0 Å². The first kappa shape index (κ1) is 7.54. The van der Waals surface area contributed by atoms with Gasteiger partial charge in [-0.1, -0.05) is 0 Å². The van der Waals surface area contributed by atoms with Crippen molar-refractivity contribution < 1.29 is 9.59 Å². The standard InChI is InChI=1S/C6H8ClNO2/c1-8-3-4(6(7)10)2-5(8)9/h4H,2-3H2,1H3/t4-/m1/s1. The fraction of sp³-hybridized carbons (Fsp3) is 0.667. The van der Waals surface area contributed by atoms with Crippen molar-refractivity contribution in [3.05, 3.63) is 0 Å². The Morgan fingerprint density at radius 2 is 2.40 bits per heavy atom. The molecule has 0 aliphatic carbocycles. The van der Waals surface area contributed by atoms with Crippen LogP contribution in [0.1, 0.15) is 6.42 Å². The summed E-state index contributed by atoms with van der Waals surface area (Å²) in [7, 11) is 1.67. The van der Waals surface area contributed by atoms with Gasteiger partial charge in [-0.3, -0.25) is 9.59 Å². The summed E-state index contributed by atoms with van der Waals surface area (Å²) in [6.07, 6.45) is 0.277. The largest absolute Gasteiger partial charge is 0.345 e. The lowest BCUT2D eigenvalue weighted by molar-refractivity contribution is -0.127. The zero-order valence-electron chi connectivity index (χ0n) is 5.63. The Bertz CT molecular complexity index is 181. The van der Waals surface area contributed by atoms with Crippen LogP contribution in [0.5, 0.6) is 0 Å². The van der Waals surface area contributed by atoms with Gasteiger partial charge in [-0.05, 0) is 11.6 Å². The molecule has 4 heteroatoms. The van der Waals surface area contributed by atoms with Gasteiger partial charge in [-0.15, -0.1) is 0 Å². The first-order valence-corrected chi connectivity index (χ1v) is 3.42. The van der Waals surface area contributed by atoms with E-state index in [0.717, 1.165) is 0 Å². The van der Waals surface area contributed by atoms with Gasteiger partial charge in [0.05, 0.1) is 5.92 Å². The van der Waals surface area contributed by atoms with Crippen LogP contribution in [0.15, 0.2) is 0 Å². The second kappa shape index (κ2) is 2.58. The molecule has 1 rings (SSSR count). The van der Waals surface area contributed by atoms with Gasteiger partial charge in [0, 0.05) is 20.0 Å². The summed E-state index contributed by atoms with van der Waals surface area (Å²) in [5.74, 6) is -0.279. The number of halogens is 1. The average molecular weight is 162 g/mol. The Morgan fingerprint density at radius 1 is 1.80 bits per heavy atom. The lowest BCUT2D eigenvalue weighted by Gasteiger charge is -2.05. The molecule has 3 nitrogen and oxygen atoms in total. The van der Waals surface area contributed by atoms with Crippen LogP contribution in [0.2, 0.25) is 0 Å². The highest BCUT2D eigenvalue weighted by atomic mass is 35.5. The van der Waals surface area contributed by atoms with Gasteiger partial charge < -0.3 is 4.90 Å². The number of rotatable bonds is 1. The topological polar surface area (TPSA) is 37.4 Å². The Labute approximate surface area is 63.9 Å². The fourth-order valence-corrected chi connectivity index (χ4v) is 1.16. The molecule has 1 aliphatic rings. The predicted molar refractivity (Wildman–Crippen MR) is 36.6 cm³/mol. The minimum atomic E-state index is -0.405. The van der Waals surface area contributed by atoms with E-state index in [0.29, 0.717) is 6.54 Å². The number of likely N-dealkylation sites (tertiary alicyclic amines) is 1. The van der Waals surface area contributed by atoms with Crippen molar-refractivity contribution in [2.24, 2.45) is 5.92 Å². The fourth-order valence-electron chi connectivity index (χ4n) is 1.02. The number of carbonyl (C=O) groups excluding carboxylic acids is 2. The molecule has 0 bridgehead atoms. The zero-order valence-corrected chi connectivity index (χ0v) is 6.39. The quantitative estimate of drug-likeness (QED) is 0.517. The number of hydrogen-bond donors (Lipinski definition) is 0. The Kier molecular flexibility index (Phi) is 1.94. The van der Waals surface area contributed by atoms with E-state index in [2.05, 4.69) is 0 Å². The third-order valence-corrected chi connectivity index (χ3v) is 1.97. The molecule has 0 N–H and O–H groups in total. The van der Waals surface area contributed by atoms with Crippen LogP contribution < -0.4 is 0 Å². The predicted octanol–water partition coefficient (Wildman–Crippen LogP) is 0.230. The number of amides is 1. The van der Waals surface area contributed by atoms with Crippen LogP contribution in [0, 0.1) is 5.92 Å². The Hall–Kier alpha value is -0.570. The minimum absolute atomic E-state index is 0.000926. The number of carbonyl (C=O) groups is 2. The monoisotopic (exact) mass is 161 g/mol. The molecule has 0 aromatic rings. The molecular formula is C6H8ClNO2. The smallest absolute Gasteiger partial charge is 0.227 e. The summed E-state index contributed by atoms with van der Waals surface area (Å²) in [5, 5.41) is -0.405. The summed E-state index contributed by atoms with van der Waals surface area (Å²) in [4.78, 5) is 22.8. The molecule has 0 aromatic heterocycles. The van der Waals surface area contributed by atoms with Gasteiger partial charge in [0.15, 0.2) is 0 Å². The highest BCUT2D eigenvalue weighted by Gasteiger charge is 2.30. The molecule has 0 aromatic carbocycles. The summed E-state index contributed by atoms with van der Waals surface area (Å²) in [6.45, 7) is 0.473. The molecule has 1 saturated heterocycles. The van der Waals surface area contributed by atoms with Crippen LogP contribution in [-0.4, -0.2) is 29.6 Å². The maximum atomic E-state index is 10.8. The third kappa shape index (κ3) is 1.29. The third-order valence-electron chi connectivity index (χ3n) is 1.66. The SMILES string of the molecule is CN1C[C@H](C(=O)Cl)CC1=O. The van der Waals surface area contributed by atoms with E-state index in [1.54, 1.807) is 7.05 Å². The first-order valence-electron chi connectivity index (χ1n) is 3.04. The van der Waals surface area contributed by atoms with E-state index < -0.39 is 5.24 Å². The van der Waals surface area contributed by atoms with Crippen LogP contribution in [0.4, 0.5) is 0 Å². The lowest BCUT2D eigenvalue weighted by atomic mass is 10.1. The second-order valence-electron chi connectivity index (χ2n) is 2.48. The van der Waals surface area contributed by atoms with Crippen molar-refractivity contribution in [3.8, 4) is 0 Å². The van der Waals surface area contributed by atoms with Crippen LogP contribution in [0.25, 0.3) is 0 Å². The van der Waals surface area contributed by atoms with Crippen LogP contribution in [-0.2, 0) is 9.59 Å². The normalized spacial score (nSPS) is 25.6. The first-order chi connectivity index (χ1) is 4.61. The second-order valence-corrected chi connectivity index (χ2v) is 2.85. The maximum absolute atomic E-state index is 10.8. The van der Waals surface area contributed by atoms with Gasteiger partial charge in [-0.2, -0.15) is 0 Å². The van der Waals surface area contributed by atoms with Crippen molar-refractivity contribution in [2.75, 3.05) is 13.6 Å². The van der Waals surface area contributed by atoms with Crippen molar-refractivity contribution in [1.29, 1.82) is 0 Å². The molecule has 1 fully saturated rings. The van der Waals surface area contributed by atoms with Crippen molar-refractivity contribution >= 4 is 22.8 Å². The lowest BCUT2D eigenvalue weighted by Crippen LogP contribution is -2.19. The average Bonchev–Trinajstić information content (AvgIpc) is 2.13. The minimum Gasteiger partial charge on any atom is -0.345 e. The van der Waals surface area contributed by atoms with Gasteiger partial charge >= 0.3 is 0 Å². The molecule has 1 aliphatic heterocycles. The van der Waals surface area contributed by atoms with Gasteiger partial charge in [0.25, 0.3) is 0 Å².